The number of anilines is 1. The first kappa shape index (κ1) is 22.8. The highest BCUT2D eigenvalue weighted by molar-refractivity contribution is 6.30. The number of carbonyl (C=O) groups excluding carboxylic acids is 3. The monoisotopic (exact) mass is 424 g/mol. The molecule has 1 aromatic carbocycles. The molecule has 0 unspecified atom stereocenters. The number of ether oxygens (including phenoxy) is 1. The Morgan fingerprint density at radius 1 is 1.28 bits per heavy atom. The van der Waals surface area contributed by atoms with Gasteiger partial charge in [-0.25, -0.2) is 14.4 Å². The van der Waals surface area contributed by atoms with Gasteiger partial charge in [0.25, 0.3) is 0 Å². The molecule has 2 rings (SSSR count). The zero-order chi connectivity index (χ0) is 21.2. The van der Waals surface area contributed by atoms with Crippen LogP contribution in [0.5, 0.6) is 0 Å². The number of esters is 1. The maximum Gasteiger partial charge on any atom is 0.328 e. The van der Waals surface area contributed by atoms with Crippen LogP contribution in [0, 0.1) is 5.92 Å². The molecule has 29 heavy (non-hydrogen) atoms. The van der Waals surface area contributed by atoms with E-state index < -0.39 is 12.0 Å². The first-order valence-electron chi connectivity index (χ1n) is 9.91. The maximum atomic E-state index is 12.4. The van der Waals surface area contributed by atoms with Crippen LogP contribution in [0.1, 0.15) is 33.1 Å². The lowest BCUT2D eigenvalue weighted by Crippen LogP contribution is -2.46. The molecule has 0 bridgehead atoms. The second kappa shape index (κ2) is 11.5. The molecular weight excluding hydrogens is 396 g/mol. The van der Waals surface area contributed by atoms with E-state index in [-0.39, 0.29) is 18.7 Å². The van der Waals surface area contributed by atoms with Gasteiger partial charge in [0.2, 0.25) is 0 Å². The molecule has 160 valence electrons. The molecule has 3 N–H and O–H groups in total. The van der Waals surface area contributed by atoms with Crippen LogP contribution in [0.25, 0.3) is 0 Å². The van der Waals surface area contributed by atoms with Crippen molar-refractivity contribution in [3.8, 4) is 0 Å². The summed E-state index contributed by atoms with van der Waals surface area (Å²) in [5, 5.41) is 8.76. The Balaban J connectivity index is 1.63. The number of nitrogens with one attached hydrogen (secondary N) is 3. The van der Waals surface area contributed by atoms with E-state index in [1.165, 1.54) is 0 Å². The number of piperidine rings is 1. The zero-order valence-corrected chi connectivity index (χ0v) is 17.6. The van der Waals surface area contributed by atoms with Gasteiger partial charge >= 0.3 is 18.0 Å². The summed E-state index contributed by atoms with van der Waals surface area (Å²) in [7, 11) is 0. The molecule has 1 aliphatic heterocycles. The molecule has 1 saturated heterocycles. The van der Waals surface area contributed by atoms with Gasteiger partial charge in [0, 0.05) is 30.3 Å². The lowest BCUT2D eigenvalue weighted by atomic mass is 9.94. The van der Waals surface area contributed by atoms with Crippen LogP contribution in [0.4, 0.5) is 15.3 Å². The number of carbonyl (C=O) groups is 3. The summed E-state index contributed by atoms with van der Waals surface area (Å²) >= 11 is 5.94. The number of likely N-dealkylation sites (tertiary alicyclic amines) is 1. The summed E-state index contributed by atoms with van der Waals surface area (Å²) in [6.45, 7) is 5.44. The van der Waals surface area contributed by atoms with E-state index in [2.05, 4.69) is 16.0 Å². The summed E-state index contributed by atoms with van der Waals surface area (Å²) in [6, 6.07) is 5.87. The summed E-state index contributed by atoms with van der Waals surface area (Å²) in [5.74, 6) is -0.0147. The van der Waals surface area contributed by atoms with Crippen molar-refractivity contribution in [2.75, 3.05) is 31.6 Å². The number of amides is 4. The minimum absolute atomic E-state index is 0.129. The third-order valence-corrected chi connectivity index (χ3v) is 5.04. The normalized spacial score (nSPS) is 15.3. The summed E-state index contributed by atoms with van der Waals surface area (Å²) < 4.78 is 4.85. The second-order valence-corrected chi connectivity index (χ2v) is 7.47. The first-order valence-corrected chi connectivity index (χ1v) is 10.3. The average molecular weight is 425 g/mol. The standard InChI is InChI=1S/C20H29ClN4O4/c1-3-29-18(26)14(2)23-19(27)22-10-7-15-8-11-25(12-9-15)20(28)24-17-6-4-5-16(21)13-17/h4-6,13-15H,3,7-12H2,1-2H3,(H,24,28)(H2,22,23,27)/t14-/m1/s1. The average Bonchev–Trinajstić information content (AvgIpc) is 2.68. The third-order valence-electron chi connectivity index (χ3n) is 4.80. The Bertz CT molecular complexity index is 707. The fourth-order valence-electron chi connectivity index (χ4n) is 3.16. The first-order chi connectivity index (χ1) is 13.9. The fourth-order valence-corrected chi connectivity index (χ4v) is 3.35. The van der Waals surface area contributed by atoms with Crippen molar-refractivity contribution in [3.63, 3.8) is 0 Å². The van der Waals surface area contributed by atoms with E-state index in [4.69, 9.17) is 16.3 Å². The number of rotatable bonds is 7. The van der Waals surface area contributed by atoms with Gasteiger partial charge in [0.15, 0.2) is 0 Å². The SMILES string of the molecule is CCOC(=O)[C@@H](C)NC(=O)NCCC1CCN(C(=O)Nc2cccc(Cl)c2)CC1. The lowest BCUT2D eigenvalue weighted by molar-refractivity contribution is -0.144. The van der Waals surface area contributed by atoms with Gasteiger partial charge in [0.1, 0.15) is 6.04 Å². The van der Waals surface area contributed by atoms with Crippen molar-refractivity contribution in [2.45, 2.75) is 39.2 Å². The molecule has 8 nitrogen and oxygen atoms in total. The van der Waals surface area contributed by atoms with Crippen molar-refractivity contribution in [1.82, 2.24) is 15.5 Å². The number of urea groups is 2. The molecule has 0 spiro atoms. The van der Waals surface area contributed by atoms with Crippen LogP contribution in [0.3, 0.4) is 0 Å². The topological polar surface area (TPSA) is 99.8 Å². The molecular formula is C20H29ClN4O4. The smallest absolute Gasteiger partial charge is 0.328 e. The molecule has 1 aromatic rings. The van der Waals surface area contributed by atoms with Gasteiger partial charge in [-0.15, -0.1) is 0 Å². The zero-order valence-electron chi connectivity index (χ0n) is 16.9. The van der Waals surface area contributed by atoms with Crippen molar-refractivity contribution < 1.29 is 19.1 Å². The highest BCUT2D eigenvalue weighted by atomic mass is 35.5. The van der Waals surface area contributed by atoms with Crippen molar-refractivity contribution in [1.29, 1.82) is 0 Å². The van der Waals surface area contributed by atoms with Crippen molar-refractivity contribution in [2.24, 2.45) is 5.92 Å². The molecule has 0 aromatic heterocycles. The van der Waals surface area contributed by atoms with E-state index in [9.17, 15) is 14.4 Å². The minimum Gasteiger partial charge on any atom is -0.464 e. The Morgan fingerprint density at radius 2 is 2.00 bits per heavy atom. The van der Waals surface area contributed by atoms with E-state index in [1.807, 2.05) is 0 Å². The molecule has 1 fully saturated rings. The fraction of sp³-hybridized carbons (Fsp3) is 0.550. The Kier molecular flexibility index (Phi) is 9.05. The van der Waals surface area contributed by atoms with Gasteiger partial charge in [0.05, 0.1) is 6.61 Å². The quantitative estimate of drug-likeness (QED) is 0.585. The van der Waals surface area contributed by atoms with Crippen LogP contribution in [0.2, 0.25) is 5.02 Å². The number of hydrogen-bond donors (Lipinski definition) is 3. The Hall–Kier alpha value is -2.48. The van der Waals surface area contributed by atoms with Gasteiger partial charge < -0.3 is 25.6 Å². The number of halogens is 1. The molecule has 4 amide bonds. The van der Waals surface area contributed by atoms with Gasteiger partial charge in [-0.1, -0.05) is 17.7 Å². The second-order valence-electron chi connectivity index (χ2n) is 7.03. The van der Waals surface area contributed by atoms with E-state index in [1.54, 1.807) is 43.0 Å². The summed E-state index contributed by atoms with van der Waals surface area (Å²) in [6.07, 6.45) is 2.59. The predicted molar refractivity (Wildman–Crippen MR) is 112 cm³/mol. The van der Waals surface area contributed by atoms with Crippen LogP contribution < -0.4 is 16.0 Å². The highest BCUT2D eigenvalue weighted by Crippen LogP contribution is 2.21. The number of nitrogens with zero attached hydrogens (tertiary/aromatic N) is 1. The van der Waals surface area contributed by atoms with Crippen LogP contribution in [0.15, 0.2) is 24.3 Å². The van der Waals surface area contributed by atoms with E-state index >= 15 is 0 Å². The molecule has 1 atom stereocenters. The molecule has 0 saturated carbocycles. The van der Waals surface area contributed by atoms with Crippen LogP contribution >= 0.6 is 11.6 Å². The van der Waals surface area contributed by atoms with E-state index in [0.29, 0.717) is 36.3 Å². The largest absolute Gasteiger partial charge is 0.464 e. The van der Waals surface area contributed by atoms with Crippen molar-refractivity contribution in [3.05, 3.63) is 29.3 Å². The predicted octanol–water partition coefficient (Wildman–Crippen LogP) is 3.22. The number of benzene rings is 1. The Labute approximate surface area is 176 Å². The van der Waals surface area contributed by atoms with Crippen LogP contribution in [-0.4, -0.2) is 55.2 Å². The maximum absolute atomic E-state index is 12.4. The minimum atomic E-state index is -0.684. The van der Waals surface area contributed by atoms with Gasteiger partial charge in [-0.2, -0.15) is 0 Å². The molecule has 0 aliphatic carbocycles. The van der Waals surface area contributed by atoms with E-state index in [0.717, 1.165) is 19.3 Å². The molecule has 9 heteroatoms. The number of hydrogen-bond acceptors (Lipinski definition) is 4. The molecule has 1 aliphatic rings. The third kappa shape index (κ3) is 7.81. The van der Waals surface area contributed by atoms with Crippen LogP contribution in [-0.2, 0) is 9.53 Å². The lowest BCUT2D eigenvalue weighted by Gasteiger charge is -2.32. The highest BCUT2D eigenvalue weighted by Gasteiger charge is 2.23. The summed E-state index contributed by atoms with van der Waals surface area (Å²) in [5.41, 5.74) is 0.678. The van der Waals surface area contributed by atoms with Gasteiger partial charge in [-0.3, -0.25) is 0 Å². The van der Waals surface area contributed by atoms with Gasteiger partial charge in [-0.05, 0) is 57.2 Å². The molecule has 1 heterocycles. The molecule has 0 radical (unpaired) electrons. The Morgan fingerprint density at radius 3 is 2.66 bits per heavy atom. The van der Waals surface area contributed by atoms with Crippen molar-refractivity contribution >= 4 is 35.3 Å². The summed E-state index contributed by atoms with van der Waals surface area (Å²) in [4.78, 5) is 37.5.